The highest BCUT2D eigenvalue weighted by Crippen LogP contribution is 2.47. The number of rotatable bonds is 9. The molecule has 2 N–H and O–H groups in total. The monoisotopic (exact) mass is 594 g/mol. The van der Waals surface area contributed by atoms with Gasteiger partial charge in [0.15, 0.2) is 0 Å². The molecule has 36 heavy (non-hydrogen) atoms. The van der Waals surface area contributed by atoms with Crippen molar-refractivity contribution >= 4 is 65.3 Å². The zero-order valence-corrected chi connectivity index (χ0v) is 23.1. The van der Waals surface area contributed by atoms with Crippen LogP contribution < -0.4 is 0 Å². The summed E-state index contributed by atoms with van der Waals surface area (Å²) in [5.41, 5.74) is 0. The standard InChI is InChI=1S/C24H18O6S6/c25-35(26,27)19-11-13-21(23(15-19)31-17-7-3-1-4-8-17)33-34-22-14-12-20(36(28,29)30)16-24(22)32-18-9-5-2-6-10-18/h1-16H,(H,25,26,27)(H,28,29,30). The van der Waals surface area contributed by atoms with Gasteiger partial charge in [0, 0.05) is 29.4 Å². The predicted octanol–water partition coefficient (Wildman–Crippen LogP) is 7.28. The lowest BCUT2D eigenvalue weighted by Gasteiger charge is -2.13. The average molecular weight is 595 g/mol. The van der Waals surface area contributed by atoms with Crippen molar-refractivity contribution in [1.82, 2.24) is 0 Å². The van der Waals surface area contributed by atoms with E-state index in [0.717, 1.165) is 19.6 Å². The van der Waals surface area contributed by atoms with E-state index in [9.17, 15) is 25.9 Å². The van der Waals surface area contributed by atoms with Crippen LogP contribution in [0.25, 0.3) is 0 Å². The molecular weight excluding hydrogens is 577 g/mol. The summed E-state index contributed by atoms with van der Waals surface area (Å²) in [5, 5.41) is 0. The van der Waals surface area contributed by atoms with Crippen molar-refractivity contribution in [1.29, 1.82) is 0 Å². The van der Waals surface area contributed by atoms with Crippen LogP contribution in [-0.4, -0.2) is 25.9 Å². The fourth-order valence-corrected chi connectivity index (χ4v) is 8.82. The smallest absolute Gasteiger partial charge is 0.282 e. The van der Waals surface area contributed by atoms with Gasteiger partial charge in [-0.15, -0.1) is 0 Å². The summed E-state index contributed by atoms with van der Waals surface area (Å²) in [6.07, 6.45) is 0. The molecule has 0 aromatic heterocycles. The lowest BCUT2D eigenvalue weighted by atomic mass is 10.4. The Balaban J connectivity index is 1.67. The van der Waals surface area contributed by atoms with Crippen LogP contribution in [0.2, 0.25) is 0 Å². The minimum absolute atomic E-state index is 0.201. The van der Waals surface area contributed by atoms with Gasteiger partial charge in [-0.3, -0.25) is 9.11 Å². The van der Waals surface area contributed by atoms with E-state index in [0.29, 0.717) is 9.79 Å². The molecule has 0 aliphatic heterocycles. The second-order valence-electron chi connectivity index (χ2n) is 7.16. The molecule has 0 aliphatic rings. The second-order valence-corrected chi connectivity index (χ2v) is 14.5. The number of benzene rings is 4. The lowest BCUT2D eigenvalue weighted by Crippen LogP contribution is -1.98. The van der Waals surface area contributed by atoms with E-state index in [1.165, 1.54) is 69.4 Å². The zero-order chi connectivity index (χ0) is 25.8. The van der Waals surface area contributed by atoms with Gasteiger partial charge in [-0.2, -0.15) is 16.8 Å². The quantitative estimate of drug-likeness (QED) is 0.152. The third kappa shape index (κ3) is 7.33. The largest absolute Gasteiger partial charge is 0.294 e. The molecule has 0 bridgehead atoms. The SMILES string of the molecule is O=S(=O)(O)c1ccc(SSc2ccc(S(=O)(=O)O)cc2Sc2ccccc2)c(Sc2ccccc2)c1. The van der Waals surface area contributed by atoms with E-state index in [4.69, 9.17) is 0 Å². The highest BCUT2D eigenvalue weighted by atomic mass is 33.1. The molecule has 0 amide bonds. The van der Waals surface area contributed by atoms with Crippen LogP contribution in [-0.2, 0) is 20.2 Å². The molecule has 6 nitrogen and oxygen atoms in total. The molecule has 186 valence electrons. The van der Waals surface area contributed by atoms with Gasteiger partial charge in [0.1, 0.15) is 0 Å². The molecular formula is C24H18O6S6. The Labute approximate surface area is 226 Å². The third-order valence-corrected chi connectivity index (χ3v) is 11.2. The Morgan fingerprint density at radius 1 is 0.472 bits per heavy atom. The van der Waals surface area contributed by atoms with Crippen molar-refractivity contribution in [2.75, 3.05) is 0 Å². The van der Waals surface area contributed by atoms with Crippen molar-refractivity contribution in [2.45, 2.75) is 39.2 Å². The van der Waals surface area contributed by atoms with Crippen molar-refractivity contribution in [3.63, 3.8) is 0 Å². The van der Waals surface area contributed by atoms with Crippen LogP contribution in [0.5, 0.6) is 0 Å². The van der Waals surface area contributed by atoms with E-state index in [1.54, 1.807) is 12.1 Å². The maximum absolute atomic E-state index is 11.7. The first kappa shape index (κ1) is 27.1. The van der Waals surface area contributed by atoms with Crippen molar-refractivity contribution in [3.8, 4) is 0 Å². The molecule has 4 aromatic rings. The van der Waals surface area contributed by atoms with Crippen LogP contribution in [0, 0.1) is 0 Å². The number of hydrogen-bond acceptors (Lipinski definition) is 8. The number of hydrogen-bond donors (Lipinski definition) is 2. The van der Waals surface area contributed by atoms with Gasteiger partial charge < -0.3 is 0 Å². The molecule has 12 heteroatoms. The van der Waals surface area contributed by atoms with E-state index < -0.39 is 20.2 Å². The minimum atomic E-state index is -4.37. The maximum atomic E-state index is 11.7. The van der Waals surface area contributed by atoms with E-state index >= 15 is 0 Å². The molecule has 0 radical (unpaired) electrons. The van der Waals surface area contributed by atoms with Crippen molar-refractivity contribution in [3.05, 3.63) is 97.1 Å². The second kappa shape index (κ2) is 11.7. The van der Waals surface area contributed by atoms with Gasteiger partial charge in [-0.1, -0.05) is 81.5 Å². The van der Waals surface area contributed by atoms with Gasteiger partial charge >= 0.3 is 0 Å². The molecule has 0 saturated carbocycles. The molecule has 0 heterocycles. The highest BCUT2D eigenvalue weighted by Gasteiger charge is 2.17. The first-order valence-corrected chi connectivity index (χ1v) is 16.8. The summed E-state index contributed by atoms with van der Waals surface area (Å²) in [6, 6.07) is 27.6. The maximum Gasteiger partial charge on any atom is 0.294 e. The summed E-state index contributed by atoms with van der Waals surface area (Å²) >= 11 is 2.73. The lowest BCUT2D eigenvalue weighted by molar-refractivity contribution is 0.480. The third-order valence-electron chi connectivity index (χ3n) is 4.59. The van der Waals surface area contributed by atoms with Crippen LogP contribution in [0.3, 0.4) is 0 Å². The van der Waals surface area contributed by atoms with E-state index in [2.05, 4.69) is 0 Å². The zero-order valence-electron chi connectivity index (χ0n) is 18.2. The normalized spacial score (nSPS) is 11.9. The van der Waals surface area contributed by atoms with Crippen LogP contribution in [0.4, 0.5) is 0 Å². The summed E-state index contributed by atoms with van der Waals surface area (Å²) in [5.74, 6) is 0. The first-order chi connectivity index (χ1) is 17.1. The van der Waals surface area contributed by atoms with Crippen molar-refractivity contribution < 1.29 is 25.9 Å². The van der Waals surface area contributed by atoms with E-state index in [-0.39, 0.29) is 9.79 Å². The van der Waals surface area contributed by atoms with Crippen LogP contribution >= 0.6 is 45.1 Å². The van der Waals surface area contributed by atoms with E-state index in [1.807, 2.05) is 60.7 Å². The first-order valence-electron chi connectivity index (χ1n) is 10.1. The van der Waals surface area contributed by atoms with Gasteiger partial charge in [0.25, 0.3) is 20.2 Å². The molecule has 0 unspecified atom stereocenters. The molecule has 4 rings (SSSR count). The highest BCUT2D eigenvalue weighted by molar-refractivity contribution is 8.76. The minimum Gasteiger partial charge on any atom is -0.282 e. The molecule has 0 atom stereocenters. The molecule has 0 fully saturated rings. The van der Waals surface area contributed by atoms with Gasteiger partial charge in [-0.05, 0) is 60.7 Å². The Morgan fingerprint density at radius 3 is 1.17 bits per heavy atom. The van der Waals surface area contributed by atoms with Gasteiger partial charge in [-0.25, -0.2) is 0 Å². The molecule has 0 spiro atoms. The van der Waals surface area contributed by atoms with Gasteiger partial charge in [0.2, 0.25) is 0 Å². The van der Waals surface area contributed by atoms with Crippen LogP contribution in [0.1, 0.15) is 0 Å². The Bertz CT molecular complexity index is 1450. The molecule has 0 aliphatic carbocycles. The summed E-state index contributed by atoms with van der Waals surface area (Å²) in [6.45, 7) is 0. The summed E-state index contributed by atoms with van der Waals surface area (Å²) in [7, 11) is -6.01. The summed E-state index contributed by atoms with van der Waals surface area (Å²) < 4.78 is 65.9. The fourth-order valence-electron chi connectivity index (χ4n) is 2.92. The molecule has 4 aromatic carbocycles. The predicted molar refractivity (Wildman–Crippen MR) is 145 cm³/mol. The Hall–Kier alpha value is -1.90. The Kier molecular flexibility index (Phi) is 8.79. The fraction of sp³-hybridized carbons (Fsp3) is 0. The van der Waals surface area contributed by atoms with Crippen molar-refractivity contribution in [2.24, 2.45) is 0 Å². The molecule has 0 saturated heterocycles. The summed E-state index contributed by atoms with van der Waals surface area (Å²) in [4.78, 5) is 4.19. The van der Waals surface area contributed by atoms with Gasteiger partial charge in [0.05, 0.1) is 9.79 Å². The van der Waals surface area contributed by atoms with Crippen LogP contribution in [0.15, 0.2) is 136 Å². The average Bonchev–Trinajstić information content (AvgIpc) is 2.84. The topological polar surface area (TPSA) is 109 Å². The Morgan fingerprint density at radius 2 is 0.833 bits per heavy atom.